The first-order chi connectivity index (χ1) is 12.6. The van der Waals surface area contributed by atoms with Crippen LogP contribution in [0.25, 0.3) is 0 Å². The van der Waals surface area contributed by atoms with Crippen molar-refractivity contribution in [1.29, 1.82) is 0 Å². The third-order valence-corrected chi connectivity index (χ3v) is 5.32. The summed E-state index contributed by atoms with van der Waals surface area (Å²) in [6.07, 6.45) is 7.65. The Morgan fingerprint density at radius 3 is 2.54 bits per heavy atom. The summed E-state index contributed by atoms with van der Waals surface area (Å²) in [5, 5.41) is 8.11. The number of guanidine groups is 1. The molecule has 1 aromatic carbocycles. The number of nitrogens with zero attached hydrogens (tertiary/aromatic N) is 3. The first-order valence-electron chi connectivity index (χ1n) is 9.76. The predicted octanol–water partition coefficient (Wildman–Crippen LogP) is 3.68. The normalized spacial score (nSPS) is 16.5. The molecule has 140 valence electrons. The maximum Gasteiger partial charge on any atom is 0.189 e. The van der Waals surface area contributed by atoms with Gasteiger partial charge in [-0.2, -0.15) is 5.10 Å². The highest BCUT2D eigenvalue weighted by atomic mass is 15.3. The van der Waals surface area contributed by atoms with E-state index in [0.29, 0.717) is 18.5 Å². The Balaban J connectivity index is 1.63. The second kappa shape index (κ2) is 8.88. The number of hydrogen-bond donors (Lipinski definition) is 2. The van der Waals surface area contributed by atoms with Crippen LogP contribution < -0.4 is 11.1 Å². The first-order valence-corrected chi connectivity index (χ1v) is 9.76. The Labute approximate surface area is 156 Å². The highest BCUT2D eigenvalue weighted by Crippen LogP contribution is 2.18. The van der Waals surface area contributed by atoms with Crippen LogP contribution in [0.3, 0.4) is 0 Å². The molecule has 0 aliphatic heterocycles. The van der Waals surface area contributed by atoms with Crippen LogP contribution in [0.2, 0.25) is 0 Å². The fraction of sp³-hybridized carbons (Fsp3) is 0.524. The topological polar surface area (TPSA) is 68.2 Å². The predicted molar refractivity (Wildman–Crippen MR) is 107 cm³/mol. The maximum atomic E-state index is 6.15. The summed E-state index contributed by atoms with van der Waals surface area (Å²) in [5.74, 6) is 0.562. The van der Waals surface area contributed by atoms with Crippen molar-refractivity contribution in [2.24, 2.45) is 10.7 Å². The minimum absolute atomic E-state index is 0.476. The second-order valence-electron chi connectivity index (χ2n) is 7.33. The molecule has 5 nitrogen and oxygen atoms in total. The molecule has 1 fully saturated rings. The van der Waals surface area contributed by atoms with Crippen LogP contribution in [-0.4, -0.2) is 21.8 Å². The van der Waals surface area contributed by atoms with Crippen molar-refractivity contribution in [3.63, 3.8) is 0 Å². The molecular weight excluding hydrogens is 322 g/mol. The summed E-state index contributed by atoms with van der Waals surface area (Å²) in [7, 11) is 0. The molecule has 0 atom stereocenters. The van der Waals surface area contributed by atoms with E-state index >= 15 is 0 Å². The van der Waals surface area contributed by atoms with Crippen molar-refractivity contribution in [2.75, 3.05) is 0 Å². The van der Waals surface area contributed by atoms with Crippen molar-refractivity contribution in [1.82, 2.24) is 15.1 Å². The van der Waals surface area contributed by atoms with E-state index < -0.39 is 0 Å². The average Bonchev–Trinajstić information content (AvgIpc) is 2.81. The Morgan fingerprint density at radius 2 is 1.85 bits per heavy atom. The van der Waals surface area contributed by atoms with Crippen LogP contribution in [0.5, 0.6) is 0 Å². The number of nitrogens with one attached hydrogen (secondary N) is 1. The van der Waals surface area contributed by atoms with Crippen molar-refractivity contribution in [2.45, 2.75) is 71.5 Å². The van der Waals surface area contributed by atoms with Gasteiger partial charge in [0.25, 0.3) is 0 Å². The molecule has 1 saturated carbocycles. The standard InChI is InChI=1S/C21H31N5/c1-16-20(14-23-21(22)24-19-12-8-3-4-9-13-19)17(2)26(25-16)15-18-10-6-5-7-11-18/h5-7,10-11,19H,3-4,8-9,12-15H2,1-2H3,(H3,22,23,24). The van der Waals surface area contributed by atoms with Gasteiger partial charge in [0.15, 0.2) is 5.96 Å². The van der Waals surface area contributed by atoms with E-state index in [0.717, 1.165) is 17.9 Å². The summed E-state index contributed by atoms with van der Waals surface area (Å²) in [6, 6.07) is 10.9. The van der Waals surface area contributed by atoms with Crippen LogP contribution in [0.15, 0.2) is 35.3 Å². The molecule has 5 heteroatoms. The zero-order valence-corrected chi connectivity index (χ0v) is 16.0. The summed E-state index contributed by atoms with van der Waals surface area (Å²) in [5.41, 5.74) is 10.8. The molecule has 2 aromatic rings. The number of aliphatic imine (C=N–C) groups is 1. The van der Waals surface area contributed by atoms with Crippen LogP contribution in [0.4, 0.5) is 0 Å². The lowest BCUT2D eigenvalue weighted by Gasteiger charge is -2.16. The third-order valence-electron chi connectivity index (χ3n) is 5.32. The Hall–Kier alpha value is -2.30. The molecule has 3 N–H and O–H groups in total. The number of aryl methyl sites for hydroxylation is 1. The summed E-state index contributed by atoms with van der Waals surface area (Å²) in [6.45, 7) is 5.53. The molecule has 26 heavy (non-hydrogen) atoms. The van der Waals surface area contributed by atoms with Gasteiger partial charge in [0.2, 0.25) is 0 Å². The molecule has 0 amide bonds. The minimum atomic E-state index is 0.476. The van der Waals surface area contributed by atoms with Gasteiger partial charge in [-0.3, -0.25) is 4.68 Å². The third kappa shape index (κ3) is 4.87. The fourth-order valence-corrected chi connectivity index (χ4v) is 3.72. The molecule has 0 bridgehead atoms. The fourth-order valence-electron chi connectivity index (χ4n) is 3.72. The van der Waals surface area contributed by atoms with Gasteiger partial charge >= 0.3 is 0 Å². The molecule has 0 radical (unpaired) electrons. The lowest BCUT2D eigenvalue weighted by Crippen LogP contribution is -2.39. The highest BCUT2D eigenvalue weighted by molar-refractivity contribution is 5.78. The maximum absolute atomic E-state index is 6.15. The molecule has 1 heterocycles. The van der Waals surface area contributed by atoms with E-state index in [-0.39, 0.29) is 0 Å². The van der Waals surface area contributed by atoms with E-state index in [1.54, 1.807) is 0 Å². The van der Waals surface area contributed by atoms with E-state index in [1.165, 1.54) is 49.7 Å². The van der Waals surface area contributed by atoms with Crippen LogP contribution in [0.1, 0.15) is 61.0 Å². The molecule has 3 rings (SSSR count). The zero-order chi connectivity index (χ0) is 18.4. The lowest BCUT2D eigenvalue weighted by atomic mass is 10.1. The molecular formula is C21H31N5. The largest absolute Gasteiger partial charge is 0.370 e. The van der Waals surface area contributed by atoms with Gasteiger partial charge in [0.1, 0.15) is 0 Å². The number of aromatic nitrogens is 2. The molecule has 1 aromatic heterocycles. The Bertz CT molecular complexity index is 724. The van der Waals surface area contributed by atoms with Gasteiger partial charge in [0, 0.05) is 17.3 Å². The van der Waals surface area contributed by atoms with Crippen LogP contribution >= 0.6 is 0 Å². The molecule has 0 spiro atoms. The Kier molecular flexibility index (Phi) is 6.31. The molecule has 1 aliphatic carbocycles. The number of hydrogen-bond acceptors (Lipinski definition) is 2. The summed E-state index contributed by atoms with van der Waals surface area (Å²) >= 11 is 0. The van der Waals surface area contributed by atoms with E-state index in [2.05, 4.69) is 46.2 Å². The van der Waals surface area contributed by atoms with Crippen molar-refractivity contribution in [3.05, 3.63) is 52.8 Å². The van der Waals surface area contributed by atoms with Gasteiger partial charge in [0.05, 0.1) is 18.8 Å². The van der Waals surface area contributed by atoms with Crippen molar-refractivity contribution >= 4 is 5.96 Å². The average molecular weight is 354 g/mol. The van der Waals surface area contributed by atoms with Gasteiger partial charge in [-0.25, -0.2) is 4.99 Å². The van der Waals surface area contributed by atoms with E-state index in [9.17, 15) is 0 Å². The molecule has 0 saturated heterocycles. The monoisotopic (exact) mass is 353 g/mol. The second-order valence-corrected chi connectivity index (χ2v) is 7.33. The minimum Gasteiger partial charge on any atom is -0.370 e. The van der Waals surface area contributed by atoms with Crippen LogP contribution in [0, 0.1) is 13.8 Å². The summed E-state index contributed by atoms with van der Waals surface area (Å²) in [4.78, 5) is 4.59. The smallest absolute Gasteiger partial charge is 0.189 e. The SMILES string of the molecule is Cc1nn(Cc2ccccc2)c(C)c1CN=C(N)NC1CCCCCC1. The number of rotatable bonds is 5. The molecule has 1 aliphatic rings. The van der Waals surface area contributed by atoms with Gasteiger partial charge in [-0.05, 0) is 32.3 Å². The highest BCUT2D eigenvalue weighted by Gasteiger charge is 2.14. The first kappa shape index (κ1) is 18.5. The Morgan fingerprint density at radius 1 is 1.15 bits per heavy atom. The lowest BCUT2D eigenvalue weighted by molar-refractivity contribution is 0.530. The van der Waals surface area contributed by atoms with Gasteiger partial charge < -0.3 is 11.1 Å². The number of benzene rings is 1. The zero-order valence-electron chi connectivity index (χ0n) is 16.0. The van der Waals surface area contributed by atoms with E-state index in [1.807, 2.05) is 13.0 Å². The number of nitrogens with two attached hydrogens (primary N) is 1. The van der Waals surface area contributed by atoms with E-state index in [4.69, 9.17) is 10.8 Å². The summed E-state index contributed by atoms with van der Waals surface area (Å²) < 4.78 is 2.06. The quantitative estimate of drug-likeness (QED) is 0.489. The van der Waals surface area contributed by atoms with Crippen molar-refractivity contribution < 1.29 is 0 Å². The van der Waals surface area contributed by atoms with Gasteiger partial charge in [-0.1, -0.05) is 56.0 Å². The van der Waals surface area contributed by atoms with Crippen molar-refractivity contribution in [3.8, 4) is 0 Å². The molecule has 0 unspecified atom stereocenters. The van der Waals surface area contributed by atoms with Gasteiger partial charge in [-0.15, -0.1) is 0 Å². The van der Waals surface area contributed by atoms with Crippen LogP contribution in [-0.2, 0) is 13.1 Å².